The van der Waals surface area contributed by atoms with E-state index in [1.807, 2.05) is 24.3 Å². The van der Waals surface area contributed by atoms with Gasteiger partial charge in [0, 0.05) is 38.6 Å². The predicted molar refractivity (Wildman–Crippen MR) is 110 cm³/mol. The van der Waals surface area contributed by atoms with Gasteiger partial charge in [0.15, 0.2) is 0 Å². The molecular weight excluding hydrogens is 370 g/mol. The summed E-state index contributed by atoms with van der Waals surface area (Å²) in [6.45, 7) is 2.42. The van der Waals surface area contributed by atoms with Gasteiger partial charge in [0.2, 0.25) is 0 Å². The fraction of sp³-hybridized carbons (Fsp3) is 0.429. The maximum atomic E-state index is 12.6. The lowest BCUT2D eigenvalue weighted by Crippen LogP contribution is -2.40. The minimum Gasteiger partial charge on any atom is -0.481 e. The maximum absolute atomic E-state index is 12.6. The first-order valence-electron chi connectivity index (χ1n) is 9.95. The molecule has 1 atom stereocenters. The number of amides is 2. The van der Waals surface area contributed by atoms with Gasteiger partial charge in [0.25, 0.3) is 0 Å². The molecule has 1 unspecified atom stereocenters. The van der Waals surface area contributed by atoms with Crippen molar-refractivity contribution in [2.24, 2.45) is 0 Å². The van der Waals surface area contributed by atoms with Crippen LogP contribution in [0.3, 0.4) is 0 Å². The number of benzene rings is 1. The van der Waals surface area contributed by atoms with Gasteiger partial charge in [-0.15, -0.1) is 0 Å². The Kier molecular flexibility index (Phi) is 7.38. The Morgan fingerprint density at radius 2 is 2.00 bits per heavy atom. The normalized spacial score (nSPS) is 15.9. The number of anilines is 1. The molecule has 1 aromatic heterocycles. The van der Waals surface area contributed by atoms with E-state index in [9.17, 15) is 14.7 Å². The van der Waals surface area contributed by atoms with Crippen molar-refractivity contribution >= 4 is 17.8 Å². The molecule has 0 saturated heterocycles. The van der Waals surface area contributed by atoms with E-state index < -0.39 is 5.97 Å². The number of nitrogens with zero attached hydrogens (tertiary/aromatic N) is 3. The van der Waals surface area contributed by atoms with Crippen molar-refractivity contribution in [2.45, 2.75) is 38.1 Å². The fourth-order valence-corrected chi connectivity index (χ4v) is 3.59. The van der Waals surface area contributed by atoms with E-state index in [0.717, 1.165) is 36.3 Å². The number of hydrogen-bond donors (Lipinski definition) is 3. The Labute approximate surface area is 170 Å². The predicted octanol–water partition coefficient (Wildman–Crippen LogP) is 2.84. The number of carbonyl (C=O) groups excluding carboxylic acids is 1. The summed E-state index contributed by atoms with van der Waals surface area (Å²) in [5, 5.41) is 15.4. The molecule has 0 bridgehead atoms. The molecule has 8 nitrogen and oxygen atoms in total. The summed E-state index contributed by atoms with van der Waals surface area (Å²) in [6, 6.07) is 7.72. The maximum Gasteiger partial charge on any atom is 0.317 e. The van der Waals surface area contributed by atoms with E-state index in [-0.39, 0.29) is 18.4 Å². The van der Waals surface area contributed by atoms with Crippen molar-refractivity contribution in [3.8, 4) is 0 Å². The lowest BCUT2D eigenvalue weighted by molar-refractivity contribution is -0.137. The average molecular weight is 397 g/mol. The number of aliphatic carboxylic acids is 1. The number of hydrogen-bond acceptors (Lipinski definition) is 5. The van der Waals surface area contributed by atoms with Crippen LogP contribution in [0.2, 0.25) is 0 Å². The molecule has 0 fully saturated rings. The van der Waals surface area contributed by atoms with E-state index in [1.54, 1.807) is 23.5 Å². The van der Waals surface area contributed by atoms with Gasteiger partial charge < -0.3 is 20.6 Å². The van der Waals surface area contributed by atoms with Crippen LogP contribution in [-0.2, 0) is 11.3 Å². The second kappa shape index (κ2) is 10.4. The molecular formula is C21H27N5O3. The van der Waals surface area contributed by atoms with Gasteiger partial charge in [0.05, 0.1) is 12.6 Å². The van der Waals surface area contributed by atoms with Gasteiger partial charge in [-0.05, 0) is 36.3 Å². The number of unbranched alkanes of at least 4 members (excludes halogenated alkanes) is 1. The van der Waals surface area contributed by atoms with E-state index in [2.05, 4.69) is 20.6 Å². The van der Waals surface area contributed by atoms with Gasteiger partial charge in [-0.3, -0.25) is 9.78 Å². The smallest absolute Gasteiger partial charge is 0.317 e. The SMILES string of the molecule is O=C(O)CC1CCN(C(=O)NCCCCNc2cnccn2)Cc2ccccc21. The third-order valence-corrected chi connectivity index (χ3v) is 5.06. The fourth-order valence-electron chi connectivity index (χ4n) is 3.59. The van der Waals surface area contributed by atoms with E-state index >= 15 is 0 Å². The summed E-state index contributed by atoms with van der Waals surface area (Å²) < 4.78 is 0. The van der Waals surface area contributed by atoms with Crippen LogP contribution in [0.25, 0.3) is 0 Å². The van der Waals surface area contributed by atoms with Crippen molar-refractivity contribution < 1.29 is 14.7 Å². The highest BCUT2D eigenvalue weighted by Gasteiger charge is 2.26. The van der Waals surface area contributed by atoms with Crippen LogP contribution in [0.1, 0.15) is 42.7 Å². The molecule has 1 aliphatic rings. The zero-order chi connectivity index (χ0) is 20.5. The topological polar surface area (TPSA) is 107 Å². The van der Waals surface area contributed by atoms with Crippen LogP contribution in [0.5, 0.6) is 0 Å². The molecule has 2 amide bonds. The highest BCUT2D eigenvalue weighted by atomic mass is 16.4. The summed E-state index contributed by atoms with van der Waals surface area (Å²) in [6.07, 6.45) is 7.45. The standard InChI is InChI=1S/C21H27N5O3/c27-20(28)13-16-7-12-26(15-17-5-1-2-6-18(16)17)21(29)25-9-4-3-8-23-19-14-22-10-11-24-19/h1-2,5-6,10-11,14,16H,3-4,7-9,12-13,15H2,(H,23,24)(H,25,29)(H,27,28). The van der Waals surface area contributed by atoms with Crippen LogP contribution >= 0.6 is 0 Å². The Hall–Kier alpha value is -3.16. The van der Waals surface area contributed by atoms with Crippen LogP contribution in [0, 0.1) is 0 Å². The Morgan fingerprint density at radius 1 is 1.17 bits per heavy atom. The average Bonchev–Trinajstić information content (AvgIpc) is 2.91. The van der Waals surface area contributed by atoms with E-state index in [0.29, 0.717) is 26.1 Å². The molecule has 2 aromatic rings. The quantitative estimate of drug-likeness (QED) is 0.591. The molecule has 0 aliphatic carbocycles. The highest BCUT2D eigenvalue weighted by Crippen LogP contribution is 2.31. The number of fused-ring (bicyclic) bond motifs is 1. The number of carboxylic acids is 1. The van der Waals surface area contributed by atoms with Gasteiger partial charge in [0.1, 0.15) is 5.82 Å². The van der Waals surface area contributed by atoms with Crippen molar-refractivity contribution in [3.05, 3.63) is 54.0 Å². The second-order valence-electron chi connectivity index (χ2n) is 7.16. The molecule has 2 heterocycles. The van der Waals surface area contributed by atoms with Crippen LogP contribution in [-0.4, -0.2) is 51.6 Å². The summed E-state index contributed by atoms with van der Waals surface area (Å²) in [5.41, 5.74) is 2.07. The number of rotatable bonds is 8. The van der Waals surface area contributed by atoms with Crippen molar-refractivity contribution in [1.82, 2.24) is 20.2 Å². The monoisotopic (exact) mass is 397 g/mol. The number of aromatic nitrogens is 2. The van der Waals surface area contributed by atoms with E-state index in [4.69, 9.17) is 0 Å². The lowest BCUT2D eigenvalue weighted by atomic mass is 9.90. The Balaban J connectivity index is 1.44. The molecule has 29 heavy (non-hydrogen) atoms. The lowest BCUT2D eigenvalue weighted by Gasteiger charge is -2.21. The first kappa shape index (κ1) is 20.6. The number of urea groups is 1. The zero-order valence-electron chi connectivity index (χ0n) is 16.4. The van der Waals surface area contributed by atoms with Gasteiger partial charge in [-0.2, -0.15) is 0 Å². The first-order valence-corrected chi connectivity index (χ1v) is 9.95. The second-order valence-corrected chi connectivity index (χ2v) is 7.16. The van der Waals surface area contributed by atoms with Crippen LogP contribution in [0.15, 0.2) is 42.9 Å². The molecule has 0 radical (unpaired) electrons. The molecule has 154 valence electrons. The van der Waals surface area contributed by atoms with Crippen LogP contribution < -0.4 is 10.6 Å². The number of carbonyl (C=O) groups is 2. The number of carboxylic acid groups (broad SMARTS) is 1. The van der Waals surface area contributed by atoms with Crippen LogP contribution in [0.4, 0.5) is 10.6 Å². The zero-order valence-corrected chi connectivity index (χ0v) is 16.4. The third-order valence-electron chi connectivity index (χ3n) is 5.06. The third kappa shape index (κ3) is 6.17. The summed E-state index contributed by atoms with van der Waals surface area (Å²) >= 11 is 0. The Bertz CT molecular complexity index is 815. The van der Waals surface area contributed by atoms with E-state index in [1.165, 1.54) is 0 Å². The minimum atomic E-state index is -0.808. The molecule has 1 aliphatic heterocycles. The largest absolute Gasteiger partial charge is 0.481 e. The number of nitrogens with one attached hydrogen (secondary N) is 2. The molecule has 1 aromatic carbocycles. The summed E-state index contributed by atoms with van der Waals surface area (Å²) in [7, 11) is 0. The van der Waals surface area contributed by atoms with Crippen molar-refractivity contribution in [2.75, 3.05) is 25.0 Å². The molecule has 8 heteroatoms. The van der Waals surface area contributed by atoms with Gasteiger partial charge in [-0.1, -0.05) is 24.3 Å². The summed E-state index contributed by atoms with van der Waals surface area (Å²) in [5.74, 6) is -0.123. The molecule has 3 rings (SSSR count). The van der Waals surface area contributed by atoms with Crippen molar-refractivity contribution in [1.29, 1.82) is 0 Å². The summed E-state index contributed by atoms with van der Waals surface area (Å²) in [4.78, 5) is 33.8. The molecule has 0 spiro atoms. The van der Waals surface area contributed by atoms with Gasteiger partial charge >= 0.3 is 12.0 Å². The molecule has 3 N–H and O–H groups in total. The first-order chi connectivity index (χ1) is 14.1. The minimum absolute atomic E-state index is 0.0614. The van der Waals surface area contributed by atoms with Crippen molar-refractivity contribution in [3.63, 3.8) is 0 Å². The Morgan fingerprint density at radius 3 is 2.79 bits per heavy atom. The van der Waals surface area contributed by atoms with Gasteiger partial charge in [-0.25, -0.2) is 9.78 Å². The highest BCUT2D eigenvalue weighted by molar-refractivity contribution is 5.74. The molecule has 0 saturated carbocycles.